The zero-order valence-electron chi connectivity index (χ0n) is 10.2. The van der Waals surface area contributed by atoms with Crippen LogP contribution in [0.3, 0.4) is 0 Å². The van der Waals surface area contributed by atoms with E-state index < -0.39 is 5.97 Å². The highest BCUT2D eigenvalue weighted by molar-refractivity contribution is 6.32. The number of aromatic hydroxyl groups is 1. The van der Waals surface area contributed by atoms with Gasteiger partial charge >= 0.3 is 5.97 Å². The van der Waals surface area contributed by atoms with Crippen molar-refractivity contribution >= 4 is 23.6 Å². The maximum Gasteiger partial charge on any atom is 0.348 e. The second kappa shape index (κ2) is 7.41. The number of nitrogens with zero attached hydrogens (tertiary/aromatic N) is 1. The van der Waals surface area contributed by atoms with Crippen LogP contribution in [0, 0.1) is 11.3 Å². The summed E-state index contributed by atoms with van der Waals surface area (Å²) < 4.78 is 9.55. The average Bonchev–Trinajstić information content (AvgIpc) is 2.40. The zero-order valence-corrected chi connectivity index (χ0v) is 11.0. The maximum atomic E-state index is 11.6. The molecule has 1 N–H and O–H groups in total. The molecule has 0 heterocycles. The molecule has 0 aliphatic carbocycles. The molecule has 19 heavy (non-hydrogen) atoms. The van der Waals surface area contributed by atoms with Crippen LogP contribution in [0.5, 0.6) is 5.75 Å². The molecule has 0 amide bonds. The third-order valence-corrected chi connectivity index (χ3v) is 2.45. The molecule has 0 spiro atoms. The van der Waals surface area contributed by atoms with Crippen molar-refractivity contribution in [3.63, 3.8) is 0 Å². The van der Waals surface area contributed by atoms with Crippen LogP contribution < -0.4 is 0 Å². The van der Waals surface area contributed by atoms with E-state index in [4.69, 9.17) is 26.3 Å². The number of rotatable bonds is 5. The smallest absolute Gasteiger partial charge is 0.348 e. The first-order valence-corrected chi connectivity index (χ1v) is 5.72. The molecule has 0 aromatic heterocycles. The third-order valence-electron chi connectivity index (χ3n) is 2.14. The van der Waals surface area contributed by atoms with Crippen molar-refractivity contribution in [2.24, 2.45) is 0 Å². The minimum Gasteiger partial charge on any atom is -0.506 e. The monoisotopic (exact) mass is 281 g/mol. The molecule has 0 fully saturated rings. The van der Waals surface area contributed by atoms with E-state index in [9.17, 15) is 9.90 Å². The Balaban J connectivity index is 2.84. The summed E-state index contributed by atoms with van der Waals surface area (Å²) in [6.07, 6.45) is 1.33. The van der Waals surface area contributed by atoms with Crippen LogP contribution in [0.2, 0.25) is 5.02 Å². The van der Waals surface area contributed by atoms with E-state index in [1.54, 1.807) is 6.07 Å². The van der Waals surface area contributed by atoms with Gasteiger partial charge in [-0.2, -0.15) is 5.26 Å². The maximum absolute atomic E-state index is 11.6. The topological polar surface area (TPSA) is 79.5 Å². The molecule has 0 radical (unpaired) electrons. The normalized spacial score (nSPS) is 10.9. The zero-order chi connectivity index (χ0) is 14.3. The highest BCUT2D eigenvalue weighted by Crippen LogP contribution is 2.24. The Kier molecular flexibility index (Phi) is 5.86. The number of phenols is 1. The minimum atomic E-state index is -0.733. The second-order valence-electron chi connectivity index (χ2n) is 3.51. The van der Waals surface area contributed by atoms with Gasteiger partial charge in [0.1, 0.15) is 24.0 Å². The molecule has 0 saturated carbocycles. The Morgan fingerprint density at radius 1 is 1.53 bits per heavy atom. The summed E-state index contributed by atoms with van der Waals surface area (Å²) in [4.78, 5) is 11.6. The van der Waals surface area contributed by atoms with Gasteiger partial charge in [-0.25, -0.2) is 4.79 Å². The molecule has 100 valence electrons. The fourth-order valence-electron chi connectivity index (χ4n) is 1.21. The number of esters is 1. The molecule has 1 aromatic carbocycles. The Morgan fingerprint density at radius 2 is 2.26 bits per heavy atom. The SMILES string of the molecule is COCCOC(=O)C(C#N)=Cc1ccc(O)c(Cl)c1. The minimum absolute atomic E-state index is 0.0694. The van der Waals surface area contributed by atoms with Crippen LogP contribution >= 0.6 is 11.6 Å². The summed E-state index contributed by atoms with van der Waals surface area (Å²) in [5, 5.41) is 18.3. The predicted molar refractivity (Wildman–Crippen MR) is 69.5 cm³/mol. The molecule has 0 atom stereocenters. The summed E-state index contributed by atoms with van der Waals surface area (Å²) in [6, 6.07) is 6.10. The molecule has 0 unspecified atom stereocenters. The first-order chi connectivity index (χ1) is 9.08. The molecule has 1 rings (SSSR count). The molecule has 6 heteroatoms. The van der Waals surface area contributed by atoms with Crippen LogP contribution in [0.25, 0.3) is 6.08 Å². The number of hydrogen-bond acceptors (Lipinski definition) is 5. The fraction of sp³-hybridized carbons (Fsp3) is 0.231. The van der Waals surface area contributed by atoms with Gasteiger partial charge in [0.25, 0.3) is 0 Å². The largest absolute Gasteiger partial charge is 0.506 e. The molecule has 0 bridgehead atoms. The number of halogens is 1. The molecule has 0 aliphatic heterocycles. The highest BCUT2D eigenvalue weighted by atomic mass is 35.5. The van der Waals surface area contributed by atoms with Gasteiger partial charge in [-0.05, 0) is 23.8 Å². The summed E-state index contributed by atoms with van der Waals surface area (Å²) in [6.45, 7) is 0.334. The van der Waals surface area contributed by atoms with Crippen molar-refractivity contribution in [1.29, 1.82) is 5.26 Å². The van der Waals surface area contributed by atoms with E-state index in [1.165, 1.54) is 31.4 Å². The molecule has 1 aromatic rings. The van der Waals surface area contributed by atoms with Gasteiger partial charge in [-0.3, -0.25) is 0 Å². The van der Waals surface area contributed by atoms with E-state index >= 15 is 0 Å². The molecular weight excluding hydrogens is 270 g/mol. The molecule has 0 saturated heterocycles. The lowest BCUT2D eigenvalue weighted by atomic mass is 10.1. The van der Waals surface area contributed by atoms with E-state index in [0.29, 0.717) is 5.56 Å². The van der Waals surface area contributed by atoms with Gasteiger partial charge < -0.3 is 14.6 Å². The van der Waals surface area contributed by atoms with Gasteiger partial charge in [-0.15, -0.1) is 0 Å². The first kappa shape index (κ1) is 15.0. The van der Waals surface area contributed by atoms with Gasteiger partial charge in [0, 0.05) is 7.11 Å². The third kappa shape index (κ3) is 4.62. The number of hydrogen-bond donors (Lipinski definition) is 1. The van der Waals surface area contributed by atoms with Gasteiger partial charge in [-0.1, -0.05) is 17.7 Å². The van der Waals surface area contributed by atoms with Crippen LogP contribution in [0.4, 0.5) is 0 Å². The summed E-state index contributed by atoms with van der Waals surface area (Å²) in [7, 11) is 1.48. The lowest BCUT2D eigenvalue weighted by Crippen LogP contribution is -2.11. The lowest BCUT2D eigenvalue weighted by Gasteiger charge is -2.03. The molecule has 0 aliphatic rings. The summed E-state index contributed by atoms with van der Waals surface area (Å²) >= 11 is 5.73. The number of nitriles is 1. The number of benzene rings is 1. The number of phenolic OH excluding ortho intramolecular Hbond substituents is 1. The van der Waals surface area contributed by atoms with E-state index in [2.05, 4.69) is 0 Å². The number of carbonyl (C=O) groups excluding carboxylic acids is 1. The standard InChI is InChI=1S/C13H12ClNO4/c1-18-4-5-19-13(17)10(8-15)6-9-2-3-12(16)11(14)7-9/h2-3,6-7,16H,4-5H2,1H3. The molecular formula is C13H12ClNO4. The first-order valence-electron chi connectivity index (χ1n) is 5.35. The van der Waals surface area contributed by atoms with Crippen molar-refractivity contribution in [2.45, 2.75) is 0 Å². The van der Waals surface area contributed by atoms with Gasteiger partial charge in [0.15, 0.2) is 0 Å². The lowest BCUT2D eigenvalue weighted by molar-refractivity contribution is -0.139. The Morgan fingerprint density at radius 3 is 2.84 bits per heavy atom. The van der Waals surface area contributed by atoms with Gasteiger partial charge in [0.05, 0.1) is 11.6 Å². The second-order valence-corrected chi connectivity index (χ2v) is 3.92. The number of methoxy groups -OCH3 is 1. The van der Waals surface area contributed by atoms with Crippen molar-refractivity contribution in [2.75, 3.05) is 20.3 Å². The van der Waals surface area contributed by atoms with Crippen LogP contribution in [-0.2, 0) is 14.3 Å². The Hall–Kier alpha value is -2.03. The quantitative estimate of drug-likeness (QED) is 0.387. The van der Waals surface area contributed by atoms with Crippen molar-refractivity contribution in [3.05, 3.63) is 34.4 Å². The number of ether oxygens (including phenoxy) is 2. The molecule has 5 nitrogen and oxygen atoms in total. The van der Waals surface area contributed by atoms with Gasteiger partial charge in [0.2, 0.25) is 0 Å². The average molecular weight is 282 g/mol. The highest BCUT2D eigenvalue weighted by Gasteiger charge is 2.10. The van der Waals surface area contributed by atoms with Crippen molar-refractivity contribution < 1.29 is 19.4 Å². The van der Waals surface area contributed by atoms with E-state index in [1.807, 2.05) is 0 Å². The Bertz CT molecular complexity index is 534. The van der Waals surface area contributed by atoms with Crippen LogP contribution in [-0.4, -0.2) is 31.4 Å². The van der Waals surface area contributed by atoms with Crippen molar-refractivity contribution in [3.8, 4) is 11.8 Å². The van der Waals surface area contributed by atoms with E-state index in [0.717, 1.165) is 0 Å². The predicted octanol–water partition coefficient (Wildman–Crippen LogP) is 2.14. The fourth-order valence-corrected chi connectivity index (χ4v) is 1.40. The van der Waals surface area contributed by atoms with Crippen LogP contribution in [0.15, 0.2) is 23.8 Å². The number of carbonyl (C=O) groups is 1. The summed E-state index contributed by atoms with van der Waals surface area (Å²) in [5.41, 5.74) is 0.362. The van der Waals surface area contributed by atoms with E-state index in [-0.39, 0.29) is 29.6 Å². The van der Waals surface area contributed by atoms with Crippen molar-refractivity contribution in [1.82, 2.24) is 0 Å². The van der Waals surface area contributed by atoms with Crippen LogP contribution in [0.1, 0.15) is 5.56 Å². The summed E-state index contributed by atoms with van der Waals surface area (Å²) in [5.74, 6) is -0.802. The Labute approximate surface area is 115 Å².